The first-order chi connectivity index (χ1) is 5.24. The number of carbonyl (C=O) groups is 1. The van der Waals surface area contributed by atoms with Crippen LogP contribution >= 0.6 is 0 Å². The summed E-state index contributed by atoms with van der Waals surface area (Å²) in [5.41, 5.74) is 7.25. The van der Waals surface area contributed by atoms with E-state index in [0.717, 1.165) is 17.7 Å². The molecule has 0 radical (unpaired) electrons. The van der Waals surface area contributed by atoms with Gasteiger partial charge in [-0.3, -0.25) is 0 Å². The van der Waals surface area contributed by atoms with Crippen LogP contribution in [0, 0.1) is 6.92 Å². The van der Waals surface area contributed by atoms with Gasteiger partial charge in [0.15, 0.2) is 0 Å². The number of aromatic amines is 1. The lowest BCUT2D eigenvalue weighted by molar-refractivity contribution is -0.108. The third-order valence-electron chi connectivity index (χ3n) is 1.54. The van der Waals surface area contributed by atoms with E-state index in [2.05, 4.69) is 9.97 Å². The van der Waals surface area contributed by atoms with E-state index >= 15 is 0 Å². The zero-order chi connectivity index (χ0) is 8.27. The molecule has 11 heavy (non-hydrogen) atoms. The fraction of sp³-hybridized carbons (Fsp3) is 0.429. The molecule has 1 atom stereocenters. The zero-order valence-electron chi connectivity index (χ0n) is 6.37. The molecule has 0 aliphatic carbocycles. The minimum absolute atomic E-state index is 0.433. The molecule has 0 saturated carbocycles. The molecular weight excluding hydrogens is 142 g/mol. The number of H-pyrrole nitrogens is 1. The maximum Gasteiger partial charge on any atom is 0.137 e. The van der Waals surface area contributed by atoms with Crippen LogP contribution < -0.4 is 5.73 Å². The molecule has 0 fully saturated rings. The Balaban J connectivity index is 2.63. The van der Waals surface area contributed by atoms with Crippen LogP contribution in [0.25, 0.3) is 0 Å². The molecule has 0 aliphatic rings. The van der Waals surface area contributed by atoms with Crippen molar-refractivity contribution in [2.75, 3.05) is 0 Å². The molecule has 1 rings (SSSR count). The van der Waals surface area contributed by atoms with Gasteiger partial charge in [-0.1, -0.05) is 0 Å². The maximum absolute atomic E-state index is 10.2. The summed E-state index contributed by atoms with van der Waals surface area (Å²) in [6.45, 7) is 1.90. The first kappa shape index (κ1) is 7.94. The summed E-state index contributed by atoms with van der Waals surface area (Å²) >= 11 is 0. The van der Waals surface area contributed by atoms with Gasteiger partial charge >= 0.3 is 0 Å². The Morgan fingerprint density at radius 2 is 2.64 bits per heavy atom. The van der Waals surface area contributed by atoms with E-state index in [4.69, 9.17) is 5.73 Å². The maximum atomic E-state index is 10.2. The highest BCUT2D eigenvalue weighted by molar-refractivity contribution is 5.57. The molecule has 0 aromatic carbocycles. The van der Waals surface area contributed by atoms with E-state index in [1.807, 2.05) is 6.92 Å². The summed E-state index contributed by atoms with van der Waals surface area (Å²) in [6, 6.07) is -0.433. The van der Waals surface area contributed by atoms with Gasteiger partial charge in [-0.15, -0.1) is 0 Å². The number of aldehydes is 1. The summed E-state index contributed by atoms with van der Waals surface area (Å²) in [6.07, 6.45) is 2.84. The van der Waals surface area contributed by atoms with Crippen molar-refractivity contribution in [2.24, 2.45) is 5.73 Å². The topological polar surface area (TPSA) is 71.8 Å². The van der Waals surface area contributed by atoms with E-state index in [9.17, 15) is 4.79 Å². The second-order valence-electron chi connectivity index (χ2n) is 2.48. The number of nitrogens with one attached hydrogen (secondary N) is 1. The molecule has 1 aromatic rings. The van der Waals surface area contributed by atoms with E-state index in [0.29, 0.717) is 6.42 Å². The predicted octanol–water partition coefficient (Wildman–Crippen LogP) is -0.213. The second-order valence-corrected chi connectivity index (χ2v) is 2.48. The van der Waals surface area contributed by atoms with Gasteiger partial charge in [0.25, 0.3) is 0 Å². The summed E-state index contributed by atoms with van der Waals surface area (Å²) in [5, 5.41) is 0. The Labute approximate surface area is 64.8 Å². The fourth-order valence-corrected chi connectivity index (χ4v) is 0.864. The molecule has 0 saturated heterocycles. The fourth-order valence-electron chi connectivity index (χ4n) is 0.864. The number of aryl methyl sites for hydroxylation is 1. The summed E-state index contributed by atoms with van der Waals surface area (Å²) in [5.74, 6) is 0. The molecule has 4 heteroatoms. The number of carbonyl (C=O) groups excluding carboxylic acids is 1. The standard InChI is InChI=1S/C7H11N3O/c1-5-7(10-4-9-5)2-6(8)3-11/h3-4,6H,2,8H2,1H3,(H,9,10)/t6-/m0/s1. The van der Waals surface area contributed by atoms with Crippen molar-refractivity contribution in [3.05, 3.63) is 17.7 Å². The average molecular weight is 153 g/mol. The monoisotopic (exact) mass is 153 g/mol. The third-order valence-corrected chi connectivity index (χ3v) is 1.54. The van der Waals surface area contributed by atoms with Crippen molar-refractivity contribution >= 4 is 6.29 Å². The Morgan fingerprint density at radius 3 is 3.09 bits per heavy atom. The zero-order valence-corrected chi connectivity index (χ0v) is 6.37. The molecule has 0 unspecified atom stereocenters. The van der Waals surface area contributed by atoms with E-state index in [1.165, 1.54) is 0 Å². The molecule has 60 valence electrons. The molecule has 3 N–H and O–H groups in total. The van der Waals surface area contributed by atoms with E-state index in [1.54, 1.807) is 6.33 Å². The van der Waals surface area contributed by atoms with Crippen molar-refractivity contribution in [1.82, 2.24) is 9.97 Å². The highest BCUT2D eigenvalue weighted by Gasteiger charge is 2.05. The molecule has 0 amide bonds. The Bertz CT molecular complexity index is 244. The van der Waals surface area contributed by atoms with E-state index in [-0.39, 0.29) is 0 Å². The molecular formula is C7H11N3O. The highest BCUT2D eigenvalue weighted by atomic mass is 16.1. The van der Waals surface area contributed by atoms with Crippen LogP contribution in [-0.2, 0) is 11.2 Å². The minimum Gasteiger partial charge on any atom is -0.348 e. The number of hydrogen-bond donors (Lipinski definition) is 2. The average Bonchev–Trinajstić information content (AvgIpc) is 2.37. The second kappa shape index (κ2) is 3.30. The van der Waals surface area contributed by atoms with Crippen molar-refractivity contribution in [2.45, 2.75) is 19.4 Å². The van der Waals surface area contributed by atoms with Gasteiger partial charge in [0.2, 0.25) is 0 Å². The van der Waals surface area contributed by atoms with Crippen LogP contribution in [0.5, 0.6) is 0 Å². The largest absolute Gasteiger partial charge is 0.348 e. The van der Waals surface area contributed by atoms with Crippen molar-refractivity contribution < 1.29 is 4.79 Å². The van der Waals surface area contributed by atoms with Crippen LogP contribution in [0.3, 0.4) is 0 Å². The Hall–Kier alpha value is -1.16. The molecule has 1 heterocycles. The van der Waals surface area contributed by atoms with Crippen molar-refractivity contribution in [3.63, 3.8) is 0 Å². The lowest BCUT2D eigenvalue weighted by Crippen LogP contribution is -2.24. The Kier molecular flexibility index (Phi) is 2.38. The molecule has 0 spiro atoms. The lowest BCUT2D eigenvalue weighted by atomic mass is 10.1. The molecule has 0 bridgehead atoms. The highest BCUT2D eigenvalue weighted by Crippen LogP contribution is 2.01. The smallest absolute Gasteiger partial charge is 0.137 e. The minimum atomic E-state index is -0.433. The number of hydrogen-bond acceptors (Lipinski definition) is 3. The SMILES string of the molecule is Cc1[nH]cnc1C[C@H](N)C=O. The van der Waals surface area contributed by atoms with Gasteiger partial charge in [-0.05, 0) is 6.92 Å². The van der Waals surface area contributed by atoms with Crippen LogP contribution in [0.15, 0.2) is 6.33 Å². The van der Waals surface area contributed by atoms with Crippen molar-refractivity contribution in [1.29, 1.82) is 0 Å². The van der Waals surface area contributed by atoms with Gasteiger partial charge in [0, 0.05) is 12.1 Å². The van der Waals surface area contributed by atoms with Gasteiger partial charge in [0.05, 0.1) is 18.1 Å². The van der Waals surface area contributed by atoms with Crippen molar-refractivity contribution in [3.8, 4) is 0 Å². The van der Waals surface area contributed by atoms with Gasteiger partial charge in [-0.2, -0.15) is 0 Å². The van der Waals surface area contributed by atoms with Gasteiger partial charge in [0.1, 0.15) is 6.29 Å². The molecule has 4 nitrogen and oxygen atoms in total. The number of nitrogens with zero attached hydrogens (tertiary/aromatic N) is 1. The van der Waals surface area contributed by atoms with Crippen LogP contribution in [0.1, 0.15) is 11.4 Å². The summed E-state index contributed by atoms with van der Waals surface area (Å²) in [7, 11) is 0. The number of nitrogens with two attached hydrogens (primary N) is 1. The van der Waals surface area contributed by atoms with Gasteiger partial charge < -0.3 is 15.5 Å². The molecule has 1 aromatic heterocycles. The van der Waals surface area contributed by atoms with E-state index < -0.39 is 6.04 Å². The quantitative estimate of drug-likeness (QED) is 0.590. The molecule has 0 aliphatic heterocycles. The number of aromatic nitrogens is 2. The first-order valence-corrected chi connectivity index (χ1v) is 3.43. The summed E-state index contributed by atoms with van der Waals surface area (Å²) < 4.78 is 0. The Morgan fingerprint density at radius 1 is 1.91 bits per heavy atom. The lowest BCUT2D eigenvalue weighted by Gasteiger charge is -2.00. The number of rotatable bonds is 3. The number of imidazole rings is 1. The summed E-state index contributed by atoms with van der Waals surface area (Å²) in [4.78, 5) is 17.1. The predicted molar refractivity (Wildman–Crippen MR) is 41.1 cm³/mol. The van der Waals surface area contributed by atoms with Gasteiger partial charge in [-0.25, -0.2) is 4.98 Å². The van der Waals surface area contributed by atoms with Crippen LogP contribution in [-0.4, -0.2) is 22.3 Å². The third kappa shape index (κ3) is 1.88. The van der Waals surface area contributed by atoms with Crippen LogP contribution in [0.2, 0.25) is 0 Å². The normalized spacial score (nSPS) is 12.9. The van der Waals surface area contributed by atoms with Crippen LogP contribution in [0.4, 0.5) is 0 Å². The first-order valence-electron chi connectivity index (χ1n) is 3.43.